The number of anilines is 1. The highest BCUT2D eigenvalue weighted by molar-refractivity contribution is 6.08. The van der Waals surface area contributed by atoms with Gasteiger partial charge in [-0.2, -0.15) is 0 Å². The second-order valence-electron chi connectivity index (χ2n) is 7.26. The number of hydrogen-bond donors (Lipinski definition) is 3. The lowest BCUT2D eigenvalue weighted by atomic mass is 10.0. The van der Waals surface area contributed by atoms with Gasteiger partial charge in [-0.25, -0.2) is 9.97 Å². The molecule has 0 bridgehead atoms. The van der Waals surface area contributed by atoms with Crippen molar-refractivity contribution in [2.45, 2.75) is 6.42 Å². The normalized spacial score (nSPS) is 10.6. The number of H-pyrrole nitrogens is 1. The summed E-state index contributed by atoms with van der Waals surface area (Å²) in [5.74, 6) is -0.0518. The average molecular weight is 441 g/mol. The lowest BCUT2D eigenvalue weighted by Gasteiger charge is -2.14. The van der Waals surface area contributed by atoms with Crippen molar-refractivity contribution in [2.75, 3.05) is 19.0 Å². The molecule has 0 saturated carbocycles. The van der Waals surface area contributed by atoms with Crippen molar-refractivity contribution in [2.24, 2.45) is 0 Å². The molecular formula is C25H23N5O3. The van der Waals surface area contributed by atoms with Crippen LogP contribution in [0.1, 0.15) is 16.2 Å². The van der Waals surface area contributed by atoms with Crippen LogP contribution in [0.25, 0.3) is 22.0 Å². The highest BCUT2D eigenvalue weighted by Gasteiger charge is 2.13. The number of fused-ring (bicyclic) bond motifs is 1. The molecule has 0 radical (unpaired) electrons. The van der Waals surface area contributed by atoms with E-state index in [-0.39, 0.29) is 11.8 Å². The van der Waals surface area contributed by atoms with E-state index in [2.05, 4.69) is 32.2 Å². The van der Waals surface area contributed by atoms with Gasteiger partial charge in [0.1, 0.15) is 11.4 Å². The minimum absolute atomic E-state index is 0.252. The van der Waals surface area contributed by atoms with Crippen LogP contribution >= 0.6 is 0 Å². The summed E-state index contributed by atoms with van der Waals surface area (Å²) in [6.45, 7) is 3.98. The maximum atomic E-state index is 12.6. The van der Waals surface area contributed by atoms with Gasteiger partial charge in [-0.05, 0) is 35.7 Å². The van der Waals surface area contributed by atoms with Gasteiger partial charge in [0, 0.05) is 35.8 Å². The van der Waals surface area contributed by atoms with Gasteiger partial charge < -0.3 is 20.4 Å². The number of nitrogens with zero attached hydrogens (tertiary/aromatic N) is 2. The first-order valence-electron chi connectivity index (χ1n) is 10.4. The largest absolute Gasteiger partial charge is 0.495 e. The Balaban J connectivity index is 1.61. The minimum Gasteiger partial charge on any atom is -0.495 e. The van der Waals surface area contributed by atoms with Crippen LogP contribution in [0.15, 0.2) is 73.7 Å². The van der Waals surface area contributed by atoms with E-state index < -0.39 is 0 Å². The number of amides is 2. The third-order valence-corrected chi connectivity index (χ3v) is 5.15. The second kappa shape index (κ2) is 9.78. The number of nitrogens with one attached hydrogen (secondary N) is 3. The highest BCUT2D eigenvalue weighted by atomic mass is 16.5. The molecule has 4 rings (SSSR count). The fourth-order valence-corrected chi connectivity index (χ4v) is 3.48. The Labute approximate surface area is 190 Å². The van der Waals surface area contributed by atoms with E-state index in [9.17, 15) is 9.59 Å². The molecule has 2 aromatic heterocycles. The van der Waals surface area contributed by atoms with Gasteiger partial charge in [-0.1, -0.05) is 30.8 Å². The molecule has 0 saturated heterocycles. The molecule has 8 nitrogen and oxygen atoms in total. The van der Waals surface area contributed by atoms with Crippen LogP contribution in [0.5, 0.6) is 5.75 Å². The highest BCUT2D eigenvalue weighted by Crippen LogP contribution is 2.35. The number of methoxy groups -OCH3 is 1. The van der Waals surface area contributed by atoms with Crippen molar-refractivity contribution in [3.63, 3.8) is 0 Å². The molecule has 0 aliphatic heterocycles. The van der Waals surface area contributed by atoms with Crippen LogP contribution in [0.2, 0.25) is 0 Å². The molecular weight excluding hydrogens is 418 g/mol. The summed E-state index contributed by atoms with van der Waals surface area (Å²) in [4.78, 5) is 36.1. The topological polar surface area (TPSA) is 109 Å². The van der Waals surface area contributed by atoms with E-state index in [0.29, 0.717) is 35.8 Å². The summed E-state index contributed by atoms with van der Waals surface area (Å²) < 4.78 is 5.44. The number of aromatic nitrogens is 3. The molecule has 2 amide bonds. The van der Waals surface area contributed by atoms with Gasteiger partial charge in [0.2, 0.25) is 5.91 Å². The Morgan fingerprint density at radius 2 is 2.03 bits per heavy atom. The molecule has 3 N–H and O–H groups in total. The van der Waals surface area contributed by atoms with E-state index in [1.54, 1.807) is 37.8 Å². The van der Waals surface area contributed by atoms with Crippen molar-refractivity contribution in [1.29, 1.82) is 0 Å². The third kappa shape index (κ3) is 4.90. The average Bonchev–Trinajstić information content (AvgIpc) is 3.37. The smallest absolute Gasteiger partial charge is 0.269 e. The van der Waals surface area contributed by atoms with E-state index >= 15 is 0 Å². The molecule has 166 valence electrons. The van der Waals surface area contributed by atoms with Crippen LogP contribution in [-0.2, 0) is 11.2 Å². The number of ether oxygens (including phenoxy) is 1. The van der Waals surface area contributed by atoms with E-state index in [4.69, 9.17) is 4.74 Å². The summed E-state index contributed by atoms with van der Waals surface area (Å²) in [6.07, 6.45) is 5.19. The number of carbonyl (C=O) groups excluding carboxylic acids is 2. The first-order valence-corrected chi connectivity index (χ1v) is 10.4. The van der Waals surface area contributed by atoms with Gasteiger partial charge in [0.25, 0.3) is 5.91 Å². The third-order valence-electron chi connectivity index (χ3n) is 5.15. The molecule has 2 heterocycles. The van der Waals surface area contributed by atoms with Gasteiger partial charge in [0.15, 0.2) is 0 Å². The van der Waals surface area contributed by atoms with Crippen LogP contribution < -0.4 is 15.4 Å². The number of imidazole rings is 1. The first-order chi connectivity index (χ1) is 16.1. The molecule has 2 aromatic carbocycles. The zero-order valence-corrected chi connectivity index (χ0v) is 18.1. The minimum atomic E-state index is -0.335. The molecule has 8 heteroatoms. The molecule has 0 fully saturated rings. The van der Waals surface area contributed by atoms with Gasteiger partial charge in [-0.15, -0.1) is 0 Å². The molecule has 0 aliphatic rings. The number of pyridine rings is 1. The number of aromatic amines is 1. The fraction of sp³-hybridized carbons (Fsp3) is 0.120. The fourth-order valence-electron chi connectivity index (χ4n) is 3.48. The van der Waals surface area contributed by atoms with Crippen LogP contribution in [-0.4, -0.2) is 40.4 Å². The van der Waals surface area contributed by atoms with Crippen molar-refractivity contribution < 1.29 is 14.3 Å². The summed E-state index contributed by atoms with van der Waals surface area (Å²) in [5.41, 5.74) is 3.26. The lowest BCUT2D eigenvalue weighted by Crippen LogP contribution is -2.26. The molecule has 0 aliphatic carbocycles. The number of rotatable bonds is 8. The predicted molar refractivity (Wildman–Crippen MR) is 127 cm³/mol. The Morgan fingerprint density at radius 3 is 2.79 bits per heavy atom. The van der Waals surface area contributed by atoms with Crippen molar-refractivity contribution >= 4 is 28.3 Å². The van der Waals surface area contributed by atoms with Crippen LogP contribution in [0.3, 0.4) is 0 Å². The zero-order valence-electron chi connectivity index (χ0n) is 18.1. The summed E-state index contributed by atoms with van der Waals surface area (Å²) in [6, 6.07) is 14.8. The molecule has 0 unspecified atom stereocenters. The lowest BCUT2D eigenvalue weighted by molar-refractivity contribution is -0.111. The van der Waals surface area contributed by atoms with Crippen LogP contribution in [0, 0.1) is 0 Å². The first kappa shape index (κ1) is 21.8. The van der Waals surface area contributed by atoms with Crippen molar-refractivity contribution in [3.05, 3.63) is 85.1 Å². The molecule has 0 spiro atoms. The van der Waals surface area contributed by atoms with Gasteiger partial charge >= 0.3 is 0 Å². The Morgan fingerprint density at radius 1 is 1.18 bits per heavy atom. The standard InChI is InChI=1S/C25H23N5O3/c1-3-23(31)30-24-19-13-17(8-7-16(19)9-10-22(24)33-2)20-5-4-6-21(29-20)25(32)27-12-11-18-14-26-15-28-18/h3-10,13-15H,1,11-12H2,2H3,(H,26,28)(H,27,32)(H,30,31). The van der Waals surface area contributed by atoms with E-state index in [0.717, 1.165) is 22.0 Å². The number of benzene rings is 2. The summed E-state index contributed by atoms with van der Waals surface area (Å²) in [7, 11) is 1.55. The summed E-state index contributed by atoms with van der Waals surface area (Å²) in [5, 5.41) is 7.41. The SMILES string of the molecule is C=CC(=O)Nc1c(OC)ccc2ccc(-c3cccc(C(=O)NCCc4cnc[nH]4)n3)cc12. The molecule has 33 heavy (non-hydrogen) atoms. The van der Waals surface area contributed by atoms with Crippen molar-refractivity contribution in [3.8, 4) is 17.0 Å². The van der Waals surface area contributed by atoms with E-state index in [1.807, 2.05) is 30.3 Å². The maximum absolute atomic E-state index is 12.6. The summed E-state index contributed by atoms with van der Waals surface area (Å²) >= 11 is 0. The monoisotopic (exact) mass is 441 g/mol. The van der Waals surface area contributed by atoms with Gasteiger partial charge in [0.05, 0.1) is 24.8 Å². The van der Waals surface area contributed by atoms with Crippen LogP contribution in [0.4, 0.5) is 5.69 Å². The Bertz CT molecular complexity index is 1320. The Kier molecular flexibility index (Phi) is 6.45. The molecule has 4 aromatic rings. The molecule has 0 atom stereocenters. The van der Waals surface area contributed by atoms with Crippen molar-refractivity contribution in [1.82, 2.24) is 20.3 Å². The number of hydrogen-bond acceptors (Lipinski definition) is 5. The number of carbonyl (C=O) groups is 2. The Hall–Kier alpha value is -4.46. The second-order valence-corrected chi connectivity index (χ2v) is 7.26. The maximum Gasteiger partial charge on any atom is 0.269 e. The zero-order chi connectivity index (χ0) is 23.2. The quantitative estimate of drug-likeness (QED) is 0.361. The van der Waals surface area contributed by atoms with E-state index in [1.165, 1.54) is 6.08 Å². The van der Waals surface area contributed by atoms with Gasteiger partial charge in [-0.3, -0.25) is 9.59 Å². The predicted octanol–water partition coefficient (Wildman–Crippen LogP) is 3.73.